The summed E-state index contributed by atoms with van der Waals surface area (Å²) in [6, 6.07) is -3.11. The van der Waals surface area contributed by atoms with Crippen LogP contribution in [0.5, 0.6) is 0 Å². The first kappa shape index (κ1) is 36.8. The van der Waals surface area contributed by atoms with Gasteiger partial charge in [0.25, 0.3) is 0 Å². The van der Waals surface area contributed by atoms with E-state index in [0.29, 0.717) is 19.4 Å². The van der Waals surface area contributed by atoms with Gasteiger partial charge in [0, 0.05) is 6.54 Å². The maximum Gasteiger partial charge on any atom is 0.322 e. The second kappa shape index (κ2) is 23.1. The monoisotopic (exact) mass is 486 g/mol. The predicted molar refractivity (Wildman–Crippen MR) is 114 cm³/mol. The fraction of sp³-hybridized carbons (Fsp3) is 0.600. The minimum absolute atomic E-state index is 0.0129. The molecule has 0 saturated heterocycles. The summed E-state index contributed by atoms with van der Waals surface area (Å²) in [5.41, 5.74) is 34.2. The number of carboxylic acids is 4. The van der Waals surface area contributed by atoms with Gasteiger partial charge in [-0.3, -0.25) is 29.0 Å². The Bertz CT molecular complexity index is 628. The number of aliphatic carboxylic acids is 4. The molecule has 0 rings (SSSR count). The molecule has 0 aromatic carbocycles. The summed E-state index contributed by atoms with van der Waals surface area (Å²) < 4.78 is 0. The molecule has 0 fully saturated rings. The van der Waals surface area contributed by atoms with Crippen molar-refractivity contribution in [2.45, 2.75) is 37.4 Å². The topological polar surface area (TPSA) is 381 Å². The molecule has 0 aromatic rings. The molecule has 19 N–H and O–H groups in total. The third-order valence-corrected chi connectivity index (χ3v) is 2.71. The largest absolute Gasteiger partial charge is 0.480 e. The van der Waals surface area contributed by atoms with Crippen molar-refractivity contribution < 1.29 is 49.5 Å². The van der Waals surface area contributed by atoms with Gasteiger partial charge in [0.15, 0.2) is 5.96 Å². The van der Waals surface area contributed by atoms with E-state index in [1.165, 1.54) is 0 Å². The van der Waals surface area contributed by atoms with Crippen LogP contribution in [0.1, 0.15) is 19.3 Å². The second-order valence-electron chi connectivity index (χ2n) is 5.73. The zero-order valence-electron chi connectivity index (χ0n) is 17.7. The number of primary amides is 1. The van der Waals surface area contributed by atoms with Crippen LogP contribution in [0.25, 0.3) is 0 Å². The average Bonchev–Trinajstić information content (AvgIpc) is 2.70. The molecular formula is C15H34N8O10. The predicted octanol–water partition coefficient (Wildman–Crippen LogP) is -5.85. The van der Waals surface area contributed by atoms with E-state index in [4.69, 9.17) is 54.2 Å². The Morgan fingerprint density at radius 3 is 1.33 bits per heavy atom. The molecule has 0 aromatic heterocycles. The van der Waals surface area contributed by atoms with Crippen molar-refractivity contribution in [2.24, 2.45) is 45.1 Å². The van der Waals surface area contributed by atoms with Crippen LogP contribution in [0, 0.1) is 0 Å². The molecule has 18 heteroatoms. The van der Waals surface area contributed by atoms with E-state index in [1.807, 2.05) is 0 Å². The molecule has 0 aliphatic heterocycles. The summed E-state index contributed by atoms with van der Waals surface area (Å²) in [5.74, 6) is -5.05. The molecule has 0 spiro atoms. The normalized spacial score (nSPS) is 11.8. The van der Waals surface area contributed by atoms with Gasteiger partial charge in [0.05, 0.1) is 19.6 Å². The van der Waals surface area contributed by atoms with Gasteiger partial charge in [0.1, 0.15) is 18.1 Å². The Hall–Kier alpha value is -3.58. The van der Waals surface area contributed by atoms with Crippen molar-refractivity contribution in [3.05, 3.63) is 0 Å². The lowest BCUT2D eigenvalue weighted by atomic mass is 10.2. The number of amides is 1. The zero-order chi connectivity index (χ0) is 27.1. The van der Waals surface area contributed by atoms with Gasteiger partial charge >= 0.3 is 23.9 Å². The SMILES string of the molecule is NC(=O)CC(N)C(=O)O.NC(CO)C(=O)O.NC(N)=NCCCC(N)C(=O)O.NCC(=O)O. The fourth-order valence-electron chi connectivity index (χ4n) is 1.02. The number of aliphatic hydroxyl groups excluding tert-OH is 1. The smallest absolute Gasteiger partial charge is 0.322 e. The number of hydrogen-bond acceptors (Lipinski definition) is 11. The lowest BCUT2D eigenvalue weighted by Crippen LogP contribution is -2.34. The first-order chi connectivity index (χ1) is 15.0. The summed E-state index contributed by atoms with van der Waals surface area (Å²) in [6.45, 7) is -0.362. The highest BCUT2D eigenvalue weighted by atomic mass is 16.4. The van der Waals surface area contributed by atoms with Crippen LogP contribution in [0.3, 0.4) is 0 Å². The first-order valence-electron chi connectivity index (χ1n) is 8.84. The number of rotatable bonds is 11. The van der Waals surface area contributed by atoms with E-state index in [0.717, 1.165) is 0 Å². The van der Waals surface area contributed by atoms with Crippen molar-refractivity contribution in [3.63, 3.8) is 0 Å². The second-order valence-corrected chi connectivity index (χ2v) is 5.73. The van der Waals surface area contributed by atoms with Crippen molar-refractivity contribution in [1.82, 2.24) is 0 Å². The summed E-state index contributed by atoms with van der Waals surface area (Å²) in [4.78, 5) is 52.7. The molecule has 33 heavy (non-hydrogen) atoms. The van der Waals surface area contributed by atoms with E-state index in [2.05, 4.69) is 16.5 Å². The highest BCUT2D eigenvalue weighted by molar-refractivity contribution is 5.83. The van der Waals surface area contributed by atoms with Gasteiger partial charge < -0.3 is 65.7 Å². The maximum atomic E-state index is 10.2. The molecule has 0 aliphatic rings. The van der Waals surface area contributed by atoms with Gasteiger partial charge in [-0.05, 0) is 12.8 Å². The summed E-state index contributed by atoms with van der Waals surface area (Å²) >= 11 is 0. The number of carbonyl (C=O) groups is 5. The molecule has 1 amide bonds. The highest BCUT2D eigenvalue weighted by Crippen LogP contribution is 1.94. The summed E-state index contributed by atoms with van der Waals surface area (Å²) in [7, 11) is 0. The van der Waals surface area contributed by atoms with Crippen molar-refractivity contribution in [2.75, 3.05) is 19.7 Å². The maximum absolute atomic E-state index is 10.2. The Morgan fingerprint density at radius 1 is 0.758 bits per heavy atom. The van der Waals surface area contributed by atoms with Gasteiger partial charge in [0.2, 0.25) is 5.91 Å². The molecule has 18 nitrogen and oxygen atoms in total. The minimum atomic E-state index is -1.21. The third-order valence-electron chi connectivity index (χ3n) is 2.71. The van der Waals surface area contributed by atoms with E-state index >= 15 is 0 Å². The standard InChI is InChI=1S/C6H14N4O2.C4H8N2O3.C3H7NO3.C2H5NO2/c7-4(5(11)12)2-1-3-10-6(8)9;5-2(4(8)9)1-3(6)7;4-2(1-5)3(6)7;3-1-2(4)5/h4H,1-3,7H2,(H,11,12)(H4,8,9,10);2H,1,5H2,(H2,6,7)(H,8,9);2,5H,1,4H2,(H,6,7);1,3H2,(H,4,5). The van der Waals surface area contributed by atoms with Crippen molar-refractivity contribution in [3.8, 4) is 0 Å². The molecule has 0 aliphatic carbocycles. The highest BCUT2D eigenvalue weighted by Gasteiger charge is 2.13. The Balaban J connectivity index is -0.000000178. The van der Waals surface area contributed by atoms with Gasteiger partial charge in [-0.15, -0.1) is 0 Å². The fourth-order valence-corrected chi connectivity index (χ4v) is 1.02. The van der Waals surface area contributed by atoms with Crippen LogP contribution in [-0.2, 0) is 24.0 Å². The van der Waals surface area contributed by atoms with E-state index < -0.39 is 54.5 Å². The molecule has 194 valence electrons. The number of nitrogens with zero attached hydrogens (tertiary/aromatic N) is 1. The van der Waals surface area contributed by atoms with Crippen LogP contribution >= 0.6 is 0 Å². The van der Waals surface area contributed by atoms with Crippen LogP contribution in [0.15, 0.2) is 4.99 Å². The lowest BCUT2D eigenvalue weighted by Gasteiger charge is -2.03. The number of carboxylic acid groups (broad SMARTS) is 4. The van der Waals surface area contributed by atoms with E-state index in [1.54, 1.807) is 0 Å². The lowest BCUT2D eigenvalue weighted by molar-refractivity contribution is -0.140. The quantitative estimate of drug-likeness (QED) is 0.0734. The molecular weight excluding hydrogens is 452 g/mol. The number of nitrogens with two attached hydrogens (primary N) is 7. The number of aliphatic imine (C=N–C) groups is 1. The summed E-state index contributed by atoms with van der Waals surface area (Å²) in [5, 5.41) is 40.0. The van der Waals surface area contributed by atoms with Crippen LogP contribution in [-0.4, -0.2) is 99.1 Å². The number of guanidine groups is 1. The van der Waals surface area contributed by atoms with Gasteiger partial charge in [-0.1, -0.05) is 0 Å². The number of hydrogen-bond donors (Lipinski definition) is 12. The summed E-state index contributed by atoms with van der Waals surface area (Å²) in [6.07, 6.45) is 0.646. The minimum Gasteiger partial charge on any atom is -0.480 e. The van der Waals surface area contributed by atoms with Crippen LogP contribution in [0.2, 0.25) is 0 Å². The molecule has 3 atom stereocenters. The van der Waals surface area contributed by atoms with Gasteiger partial charge in [-0.2, -0.15) is 0 Å². The number of carbonyl (C=O) groups excluding carboxylic acids is 1. The third kappa shape index (κ3) is 36.2. The number of aliphatic hydroxyl groups is 1. The van der Waals surface area contributed by atoms with E-state index in [9.17, 15) is 24.0 Å². The van der Waals surface area contributed by atoms with Crippen molar-refractivity contribution >= 4 is 35.7 Å². The molecule has 3 unspecified atom stereocenters. The molecule has 0 heterocycles. The molecule has 0 saturated carbocycles. The van der Waals surface area contributed by atoms with Gasteiger partial charge in [-0.25, -0.2) is 0 Å². The Kier molecular flexibility index (Phi) is 25.7. The average molecular weight is 486 g/mol. The van der Waals surface area contributed by atoms with E-state index in [-0.39, 0.29) is 18.9 Å². The van der Waals surface area contributed by atoms with Crippen molar-refractivity contribution in [1.29, 1.82) is 0 Å². The Labute approximate surface area is 188 Å². The molecule has 0 radical (unpaired) electrons. The Morgan fingerprint density at radius 2 is 1.15 bits per heavy atom. The van der Waals surface area contributed by atoms with Crippen LogP contribution < -0.4 is 40.1 Å². The zero-order valence-corrected chi connectivity index (χ0v) is 17.7. The first-order valence-corrected chi connectivity index (χ1v) is 8.84. The molecule has 0 bridgehead atoms. The van der Waals surface area contributed by atoms with Crippen LogP contribution in [0.4, 0.5) is 0 Å².